The molecule has 2 aromatic rings. The van der Waals surface area contributed by atoms with Crippen molar-refractivity contribution in [3.63, 3.8) is 0 Å². The van der Waals surface area contributed by atoms with Crippen molar-refractivity contribution in [2.24, 2.45) is 0 Å². The minimum atomic E-state index is -0.732. The van der Waals surface area contributed by atoms with Crippen LogP contribution in [0.2, 0.25) is 0 Å². The summed E-state index contributed by atoms with van der Waals surface area (Å²) < 4.78 is 2.56. The van der Waals surface area contributed by atoms with E-state index in [-0.39, 0.29) is 36.1 Å². The van der Waals surface area contributed by atoms with Crippen molar-refractivity contribution in [2.45, 2.75) is 26.4 Å². The molecule has 2 aromatic heterocycles. The van der Waals surface area contributed by atoms with Crippen LogP contribution in [0.3, 0.4) is 0 Å². The first-order valence-electron chi connectivity index (χ1n) is 6.94. The van der Waals surface area contributed by atoms with E-state index in [0.29, 0.717) is 0 Å². The second-order valence-corrected chi connectivity index (χ2v) is 5.02. The molecular formula is C12H15N7O5. The van der Waals surface area contributed by atoms with Crippen LogP contribution in [0.5, 0.6) is 0 Å². The summed E-state index contributed by atoms with van der Waals surface area (Å²) in [6.07, 6.45) is 3.59. The van der Waals surface area contributed by atoms with Crippen molar-refractivity contribution >= 4 is 17.3 Å². The number of nitrogens with zero attached hydrogens (tertiary/aromatic N) is 6. The SMILES string of the molecule is Cc1nn(C(C)C(=O)NCCn2cc([N+](=O)[O-])cn2)cc1[N+](=O)[O-]. The Morgan fingerprint density at radius 1 is 1.33 bits per heavy atom. The molecule has 0 aliphatic carbocycles. The zero-order valence-electron chi connectivity index (χ0n) is 12.9. The molecule has 0 spiro atoms. The number of aryl methyl sites for hydroxylation is 1. The third kappa shape index (κ3) is 3.71. The highest BCUT2D eigenvalue weighted by Crippen LogP contribution is 2.18. The molecule has 2 rings (SSSR count). The number of carbonyl (C=O) groups is 1. The van der Waals surface area contributed by atoms with Gasteiger partial charge in [0, 0.05) is 6.54 Å². The Morgan fingerprint density at radius 3 is 2.58 bits per heavy atom. The van der Waals surface area contributed by atoms with Crippen molar-refractivity contribution in [3.05, 3.63) is 44.5 Å². The molecule has 1 atom stereocenters. The fourth-order valence-electron chi connectivity index (χ4n) is 1.98. The average Bonchev–Trinajstić information content (AvgIpc) is 3.13. The minimum absolute atomic E-state index is 0.131. The Hall–Kier alpha value is -3.31. The van der Waals surface area contributed by atoms with Crippen LogP contribution in [-0.2, 0) is 11.3 Å². The average molecular weight is 337 g/mol. The van der Waals surface area contributed by atoms with E-state index >= 15 is 0 Å². The Kier molecular flexibility index (Phi) is 4.87. The molecule has 2 heterocycles. The number of aromatic nitrogens is 4. The van der Waals surface area contributed by atoms with Gasteiger partial charge in [-0.25, -0.2) is 0 Å². The lowest BCUT2D eigenvalue weighted by molar-refractivity contribution is -0.385. The molecule has 0 saturated heterocycles. The molecule has 0 aliphatic heterocycles. The maximum Gasteiger partial charge on any atom is 0.309 e. The molecule has 1 N–H and O–H groups in total. The third-order valence-electron chi connectivity index (χ3n) is 3.33. The van der Waals surface area contributed by atoms with E-state index in [9.17, 15) is 25.0 Å². The highest BCUT2D eigenvalue weighted by molar-refractivity contribution is 5.79. The lowest BCUT2D eigenvalue weighted by Crippen LogP contribution is -2.33. The monoisotopic (exact) mass is 337 g/mol. The maximum atomic E-state index is 12.1. The summed E-state index contributed by atoms with van der Waals surface area (Å²) in [5.74, 6) is -0.381. The number of amides is 1. The first-order valence-corrected chi connectivity index (χ1v) is 6.94. The van der Waals surface area contributed by atoms with Gasteiger partial charge in [-0.2, -0.15) is 10.2 Å². The van der Waals surface area contributed by atoms with Crippen LogP contribution in [0.25, 0.3) is 0 Å². The number of carbonyl (C=O) groups excluding carboxylic acids is 1. The van der Waals surface area contributed by atoms with Crippen LogP contribution in [0.4, 0.5) is 11.4 Å². The number of rotatable bonds is 7. The van der Waals surface area contributed by atoms with Gasteiger partial charge in [-0.3, -0.25) is 34.4 Å². The predicted octanol–water partition coefficient (Wildman–Crippen LogP) is 0.582. The number of hydrogen-bond donors (Lipinski definition) is 1. The lowest BCUT2D eigenvalue weighted by atomic mass is 10.3. The van der Waals surface area contributed by atoms with E-state index in [0.717, 1.165) is 6.20 Å². The predicted molar refractivity (Wildman–Crippen MR) is 80.2 cm³/mol. The van der Waals surface area contributed by atoms with Crippen molar-refractivity contribution < 1.29 is 14.6 Å². The molecule has 0 saturated carbocycles. The first-order chi connectivity index (χ1) is 11.3. The topological polar surface area (TPSA) is 151 Å². The lowest BCUT2D eigenvalue weighted by Gasteiger charge is -2.12. The van der Waals surface area contributed by atoms with Gasteiger partial charge in [0.15, 0.2) is 0 Å². The minimum Gasteiger partial charge on any atom is -0.352 e. The molecule has 12 nitrogen and oxygen atoms in total. The molecule has 1 amide bonds. The Balaban J connectivity index is 1.90. The van der Waals surface area contributed by atoms with Crippen molar-refractivity contribution in [2.75, 3.05) is 6.54 Å². The van der Waals surface area contributed by atoms with E-state index in [2.05, 4.69) is 15.5 Å². The third-order valence-corrected chi connectivity index (χ3v) is 3.33. The summed E-state index contributed by atoms with van der Waals surface area (Å²) in [7, 11) is 0. The smallest absolute Gasteiger partial charge is 0.309 e. The highest BCUT2D eigenvalue weighted by atomic mass is 16.6. The number of nitrogens with one attached hydrogen (secondary N) is 1. The van der Waals surface area contributed by atoms with E-state index < -0.39 is 15.9 Å². The van der Waals surface area contributed by atoms with Crippen molar-refractivity contribution in [1.82, 2.24) is 24.9 Å². The van der Waals surface area contributed by atoms with Crippen LogP contribution >= 0.6 is 0 Å². The standard InChI is InChI=1S/C12H15N7O5/c1-8-11(19(23)24)7-17(15-8)9(2)12(20)13-3-4-16-6-10(5-14-16)18(21)22/h5-7,9H,3-4H2,1-2H3,(H,13,20). The number of nitro groups is 2. The summed E-state index contributed by atoms with van der Waals surface area (Å²) in [5.41, 5.74) is -0.0592. The molecular weight excluding hydrogens is 322 g/mol. The summed E-state index contributed by atoms with van der Waals surface area (Å²) >= 11 is 0. The Morgan fingerprint density at radius 2 is 2.04 bits per heavy atom. The Labute approximate surface area is 135 Å². The van der Waals surface area contributed by atoms with Gasteiger partial charge in [0.25, 0.3) is 0 Å². The second kappa shape index (κ2) is 6.85. The molecule has 0 radical (unpaired) electrons. The van der Waals surface area contributed by atoms with E-state index in [1.54, 1.807) is 6.92 Å². The van der Waals surface area contributed by atoms with Gasteiger partial charge in [0.05, 0.1) is 16.4 Å². The molecule has 12 heteroatoms. The van der Waals surface area contributed by atoms with E-state index in [1.165, 1.54) is 28.7 Å². The summed E-state index contributed by atoms with van der Waals surface area (Å²) in [6, 6.07) is -0.732. The molecule has 0 aromatic carbocycles. The normalized spacial score (nSPS) is 11.9. The maximum absolute atomic E-state index is 12.1. The van der Waals surface area contributed by atoms with Crippen LogP contribution < -0.4 is 5.32 Å². The molecule has 1 unspecified atom stereocenters. The van der Waals surface area contributed by atoms with Gasteiger partial charge in [-0.1, -0.05) is 0 Å². The molecule has 24 heavy (non-hydrogen) atoms. The molecule has 0 bridgehead atoms. The van der Waals surface area contributed by atoms with Gasteiger partial charge in [-0.05, 0) is 13.8 Å². The van der Waals surface area contributed by atoms with Crippen molar-refractivity contribution in [1.29, 1.82) is 0 Å². The summed E-state index contributed by atoms with van der Waals surface area (Å²) in [5, 5.41) is 31.7. The largest absolute Gasteiger partial charge is 0.352 e. The Bertz CT molecular complexity index is 781. The van der Waals surface area contributed by atoms with Crippen LogP contribution in [0.15, 0.2) is 18.6 Å². The second-order valence-electron chi connectivity index (χ2n) is 5.02. The fourth-order valence-corrected chi connectivity index (χ4v) is 1.98. The quantitative estimate of drug-likeness (QED) is 0.573. The van der Waals surface area contributed by atoms with Gasteiger partial charge in [-0.15, -0.1) is 0 Å². The van der Waals surface area contributed by atoms with Crippen LogP contribution in [0, 0.1) is 27.2 Å². The first kappa shape index (κ1) is 17.1. The highest BCUT2D eigenvalue weighted by Gasteiger charge is 2.21. The van der Waals surface area contributed by atoms with Crippen molar-refractivity contribution in [3.8, 4) is 0 Å². The van der Waals surface area contributed by atoms with E-state index in [1.807, 2.05) is 0 Å². The van der Waals surface area contributed by atoms with Gasteiger partial charge >= 0.3 is 11.4 Å². The van der Waals surface area contributed by atoms with Gasteiger partial charge in [0.1, 0.15) is 30.3 Å². The zero-order valence-corrected chi connectivity index (χ0v) is 12.9. The van der Waals surface area contributed by atoms with Crippen LogP contribution in [-0.4, -0.2) is 41.9 Å². The zero-order chi connectivity index (χ0) is 17.9. The summed E-state index contributed by atoms with van der Waals surface area (Å²) in [4.78, 5) is 32.3. The number of hydrogen-bond acceptors (Lipinski definition) is 7. The fraction of sp³-hybridized carbons (Fsp3) is 0.417. The molecule has 0 fully saturated rings. The summed E-state index contributed by atoms with van der Waals surface area (Å²) in [6.45, 7) is 3.50. The van der Waals surface area contributed by atoms with Crippen LogP contribution in [0.1, 0.15) is 18.7 Å². The van der Waals surface area contributed by atoms with Gasteiger partial charge in [0.2, 0.25) is 5.91 Å². The van der Waals surface area contributed by atoms with E-state index in [4.69, 9.17) is 0 Å². The van der Waals surface area contributed by atoms with Gasteiger partial charge < -0.3 is 5.32 Å². The molecule has 128 valence electrons. The molecule has 0 aliphatic rings.